The lowest BCUT2D eigenvalue weighted by Gasteiger charge is -2.30. The molecule has 2 atom stereocenters. The molecular formula is C26H28BIP. The highest BCUT2D eigenvalue weighted by Crippen LogP contribution is 2.40. The van der Waals surface area contributed by atoms with Crippen LogP contribution in [0.2, 0.25) is 0 Å². The van der Waals surface area contributed by atoms with E-state index in [2.05, 4.69) is 127 Å². The molecule has 1 radical (unpaired) electrons. The summed E-state index contributed by atoms with van der Waals surface area (Å²) in [6.45, 7) is 9.13. The molecule has 0 spiro atoms. The van der Waals surface area contributed by atoms with Crippen LogP contribution in [0.4, 0.5) is 0 Å². The Hall–Kier alpha value is -1.38. The third-order valence-electron chi connectivity index (χ3n) is 5.40. The zero-order valence-corrected chi connectivity index (χ0v) is 20.4. The fourth-order valence-corrected chi connectivity index (χ4v) is 5.21. The van der Waals surface area contributed by atoms with Crippen molar-refractivity contribution in [3.8, 4) is 0 Å². The maximum Gasteiger partial charge on any atom is 0.230 e. The van der Waals surface area contributed by atoms with Crippen molar-refractivity contribution in [3.05, 3.63) is 114 Å². The molecule has 0 nitrogen and oxygen atoms in total. The van der Waals surface area contributed by atoms with Crippen LogP contribution in [0.15, 0.2) is 91.5 Å². The van der Waals surface area contributed by atoms with Crippen molar-refractivity contribution in [3.63, 3.8) is 0 Å². The molecule has 0 amide bonds. The van der Waals surface area contributed by atoms with Gasteiger partial charge in [0, 0.05) is 5.92 Å². The number of halogens is 1. The smallest absolute Gasteiger partial charge is 0.152 e. The van der Waals surface area contributed by atoms with Gasteiger partial charge in [0.15, 0.2) is 0 Å². The van der Waals surface area contributed by atoms with Crippen LogP contribution in [-0.4, -0.2) is 11.0 Å². The molecule has 3 heteroatoms. The van der Waals surface area contributed by atoms with Gasteiger partial charge in [0.25, 0.3) is 0 Å². The van der Waals surface area contributed by atoms with Crippen molar-refractivity contribution >= 4 is 41.3 Å². The SMILES string of the molecule is C=C(c1ccccc1)c1ccc(C(CC(C)(C)CP[B]I)c2ccccc2)cc1. The van der Waals surface area contributed by atoms with Crippen LogP contribution < -0.4 is 0 Å². The normalized spacial score (nSPS) is 12.8. The second-order valence-electron chi connectivity index (χ2n) is 8.29. The maximum atomic E-state index is 4.32. The van der Waals surface area contributed by atoms with E-state index in [-0.39, 0.29) is 0 Å². The van der Waals surface area contributed by atoms with E-state index in [9.17, 15) is 0 Å². The van der Waals surface area contributed by atoms with E-state index in [4.69, 9.17) is 0 Å². The van der Waals surface area contributed by atoms with Gasteiger partial charge in [-0.1, -0.05) is 105 Å². The molecule has 3 aromatic carbocycles. The van der Waals surface area contributed by atoms with E-state index in [1.54, 1.807) is 0 Å². The van der Waals surface area contributed by atoms with Crippen molar-refractivity contribution in [2.75, 3.05) is 6.16 Å². The van der Waals surface area contributed by atoms with Gasteiger partial charge in [0.2, 0.25) is 4.86 Å². The summed E-state index contributed by atoms with van der Waals surface area (Å²) in [5.41, 5.74) is 6.52. The minimum atomic E-state index is 0.299. The second kappa shape index (κ2) is 10.6. The third kappa shape index (κ3) is 6.30. The van der Waals surface area contributed by atoms with Crippen LogP contribution in [-0.2, 0) is 0 Å². The molecule has 3 rings (SSSR count). The van der Waals surface area contributed by atoms with E-state index in [1.165, 1.54) is 28.4 Å². The highest BCUT2D eigenvalue weighted by Gasteiger charge is 2.25. The predicted octanol–water partition coefficient (Wildman–Crippen LogP) is 7.94. The predicted molar refractivity (Wildman–Crippen MR) is 141 cm³/mol. The summed E-state index contributed by atoms with van der Waals surface area (Å²) in [6, 6.07) is 30.4. The Kier molecular flexibility index (Phi) is 8.15. The van der Waals surface area contributed by atoms with Crippen molar-refractivity contribution in [2.24, 2.45) is 5.41 Å². The highest BCUT2D eigenvalue weighted by molar-refractivity contribution is 14.1. The molecule has 147 valence electrons. The molecule has 3 aromatic rings. The van der Waals surface area contributed by atoms with Crippen LogP contribution in [0, 0.1) is 5.41 Å². The van der Waals surface area contributed by atoms with Crippen molar-refractivity contribution in [1.82, 2.24) is 0 Å². The molecule has 0 N–H and O–H groups in total. The molecule has 0 saturated carbocycles. The Morgan fingerprint density at radius 1 is 0.862 bits per heavy atom. The molecule has 0 heterocycles. The second-order valence-corrected chi connectivity index (χ2v) is 11.1. The molecule has 29 heavy (non-hydrogen) atoms. The number of hydrogen-bond acceptors (Lipinski definition) is 0. The van der Waals surface area contributed by atoms with Crippen LogP contribution in [0.5, 0.6) is 0 Å². The third-order valence-corrected chi connectivity index (χ3v) is 8.04. The highest BCUT2D eigenvalue weighted by atomic mass is 127. The number of rotatable bonds is 9. The molecule has 0 aliphatic rings. The first-order valence-electron chi connectivity index (χ1n) is 10.0. The van der Waals surface area contributed by atoms with Gasteiger partial charge in [-0.3, -0.25) is 0 Å². The van der Waals surface area contributed by atoms with E-state index in [0.29, 0.717) is 11.3 Å². The Balaban J connectivity index is 1.87. The molecule has 0 aliphatic carbocycles. The molecule has 0 aromatic heterocycles. The van der Waals surface area contributed by atoms with Crippen LogP contribution in [0.1, 0.15) is 48.4 Å². The van der Waals surface area contributed by atoms with Gasteiger partial charge in [-0.2, -0.15) is 22.4 Å². The van der Waals surface area contributed by atoms with E-state index < -0.39 is 0 Å². The van der Waals surface area contributed by atoms with Crippen molar-refractivity contribution in [2.45, 2.75) is 26.2 Å². The standard InChI is InChI=1S/C26H28BIP/c1-20(21-10-6-4-7-11-21)22-14-16-24(17-15-22)25(23-12-8-5-9-13-23)18-26(2,3)19-29-27-28/h4-17,25,29H,1,18-19H2,2-3H3. The van der Waals surface area contributed by atoms with Gasteiger partial charge in [-0.05, 0) is 45.8 Å². The summed E-state index contributed by atoms with van der Waals surface area (Å²) in [7, 11) is 0.910. The fourth-order valence-electron chi connectivity index (χ4n) is 3.78. The average molecular weight is 509 g/mol. The van der Waals surface area contributed by atoms with Gasteiger partial charge < -0.3 is 0 Å². The lowest BCUT2D eigenvalue weighted by atomic mass is 9.77. The van der Waals surface area contributed by atoms with Gasteiger partial charge in [0.1, 0.15) is 0 Å². The maximum absolute atomic E-state index is 4.32. The van der Waals surface area contributed by atoms with Crippen LogP contribution in [0.3, 0.4) is 0 Å². The summed E-state index contributed by atoms with van der Waals surface area (Å²) in [5, 5.41) is 0. The lowest BCUT2D eigenvalue weighted by molar-refractivity contribution is 0.365. The summed E-state index contributed by atoms with van der Waals surface area (Å²) < 4.78 is 0. The first-order chi connectivity index (χ1) is 14.0. The Morgan fingerprint density at radius 3 is 1.97 bits per heavy atom. The Labute approximate surface area is 192 Å². The van der Waals surface area contributed by atoms with Gasteiger partial charge >= 0.3 is 0 Å². The summed E-state index contributed by atoms with van der Waals surface area (Å²) in [5.74, 6) is 0.407. The topological polar surface area (TPSA) is 0 Å². The van der Waals surface area contributed by atoms with Crippen LogP contribution >= 0.6 is 30.8 Å². The van der Waals surface area contributed by atoms with Crippen LogP contribution in [0.25, 0.3) is 5.57 Å². The molecule has 0 fully saturated rings. The summed E-state index contributed by atoms with van der Waals surface area (Å²) in [4.78, 5) is 2.28. The molecule has 0 bridgehead atoms. The fraction of sp³-hybridized carbons (Fsp3) is 0.231. The minimum absolute atomic E-state index is 0.299. The van der Waals surface area contributed by atoms with Gasteiger partial charge in [-0.15, -0.1) is 8.46 Å². The Bertz CT molecular complexity index is 904. The van der Waals surface area contributed by atoms with Gasteiger partial charge in [-0.25, -0.2) is 0 Å². The minimum Gasteiger partial charge on any atom is -0.152 e. The van der Waals surface area contributed by atoms with E-state index in [1.807, 2.05) is 6.07 Å². The zero-order chi connectivity index (χ0) is 20.7. The number of hydrogen-bond donors (Lipinski definition) is 0. The van der Waals surface area contributed by atoms with E-state index >= 15 is 0 Å². The summed E-state index contributed by atoms with van der Waals surface area (Å²) in [6.07, 6.45) is 2.38. The molecule has 0 aliphatic heterocycles. The molecular weight excluding hydrogens is 481 g/mol. The largest absolute Gasteiger partial charge is 0.230 e. The summed E-state index contributed by atoms with van der Waals surface area (Å²) >= 11 is 2.38. The Morgan fingerprint density at radius 2 is 1.38 bits per heavy atom. The van der Waals surface area contributed by atoms with Crippen molar-refractivity contribution in [1.29, 1.82) is 0 Å². The first-order valence-corrected chi connectivity index (χ1v) is 12.6. The average Bonchev–Trinajstić information content (AvgIpc) is 2.77. The monoisotopic (exact) mass is 509 g/mol. The van der Waals surface area contributed by atoms with Crippen molar-refractivity contribution < 1.29 is 0 Å². The first kappa shape index (κ1) is 22.3. The lowest BCUT2D eigenvalue weighted by Crippen LogP contribution is -2.19. The molecule has 0 saturated heterocycles. The molecule has 2 unspecified atom stereocenters. The quantitative estimate of drug-likeness (QED) is 0.156. The van der Waals surface area contributed by atoms with E-state index in [0.717, 1.165) is 20.5 Å². The van der Waals surface area contributed by atoms with Gasteiger partial charge in [0.05, 0.1) is 0 Å². The number of benzene rings is 3. The zero-order valence-electron chi connectivity index (χ0n) is 17.2.